The number of hydrogen-bond acceptors (Lipinski definition) is 4. The second kappa shape index (κ2) is 4.77. The highest BCUT2D eigenvalue weighted by Gasteiger charge is 2.20. The summed E-state index contributed by atoms with van der Waals surface area (Å²) in [6.07, 6.45) is 0. The summed E-state index contributed by atoms with van der Waals surface area (Å²) in [6.45, 7) is 0. The Labute approximate surface area is 141 Å². The highest BCUT2D eigenvalue weighted by Crippen LogP contribution is 2.33. The van der Waals surface area contributed by atoms with Crippen LogP contribution in [0, 0.1) is 0 Å². The van der Waals surface area contributed by atoms with Crippen molar-refractivity contribution in [2.24, 2.45) is 0 Å². The predicted octanol–water partition coefficient (Wildman–Crippen LogP) is 3.38. The number of benzene rings is 2. The molecule has 3 heterocycles. The van der Waals surface area contributed by atoms with E-state index in [1.165, 1.54) is 7.11 Å². The molecule has 0 fully saturated rings. The molecule has 0 amide bonds. The molecule has 0 aliphatic rings. The lowest BCUT2D eigenvalue weighted by atomic mass is 10.1. The van der Waals surface area contributed by atoms with Crippen LogP contribution in [-0.2, 0) is 4.74 Å². The lowest BCUT2D eigenvalue weighted by Gasteiger charge is -2.07. The van der Waals surface area contributed by atoms with E-state index in [-0.39, 0.29) is 11.3 Å². The van der Waals surface area contributed by atoms with Gasteiger partial charge in [-0.15, -0.1) is 0 Å². The minimum atomic E-state index is -0.496. The van der Waals surface area contributed by atoms with E-state index in [0.717, 1.165) is 27.2 Å². The summed E-state index contributed by atoms with van der Waals surface area (Å²) in [7, 11) is 1.33. The molecule has 5 rings (SSSR count). The van der Waals surface area contributed by atoms with Crippen LogP contribution in [0.25, 0.3) is 38.1 Å². The highest BCUT2D eigenvalue weighted by molar-refractivity contribution is 6.19. The molecule has 0 N–H and O–H groups in total. The molecule has 0 radical (unpaired) electrons. The van der Waals surface area contributed by atoms with Crippen molar-refractivity contribution in [2.75, 3.05) is 7.11 Å². The van der Waals surface area contributed by atoms with Crippen molar-refractivity contribution in [3.8, 4) is 0 Å². The molecule has 0 aliphatic heterocycles. The van der Waals surface area contributed by atoms with Gasteiger partial charge in [0.2, 0.25) is 0 Å². The Kier molecular flexibility index (Phi) is 2.65. The first-order chi connectivity index (χ1) is 12.2. The molecule has 2 aromatic carbocycles. The van der Waals surface area contributed by atoms with E-state index in [9.17, 15) is 9.59 Å². The van der Waals surface area contributed by atoms with Crippen molar-refractivity contribution in [3.63, 3.8) is 0 Å². The van der Waals surface area contributed by atoms with Gasteiger partial charge in [-0.1, -0.05) is 36.4 Å². The summed E-state index contributed by atoms with van der Waals surface area (Å²) < 4.78 is 6.55. The molecule has 5 heteroatoms. The summed E-state index contributed by atoms with van der Waals surface area (Å²) in [5.74, 6) is -0.496. The number of carbonyl (C=O) groups is 1. The zero-order valence-electron chi connectivity index (χ0n) is 13.3. The monoisotopic (exact) mass is 328 g/mol. The van der Waals surface area contributed by atoms with Crippen LogP contribution >= 0.6 is 0 Å². The largest absolute Gasteiger partial charge is 0.464 e. The number of para-hydroxylation sites is 1. The molecule has 0 saturated carbocycles. The molecule has 0 spiro atoms. The van der Waals surface area contributed by atoms with Gasteiger partial charge in [-0.05, 0) is 18.2 Å². The van der Waals surface area contributed by atoms with Crippen molar-refractivity contribution in [3.05, 3.63) is 70.6 Å². The maximum absolute atomic E-state index is 13.1. The van der Waals surface area contributed by atoms with Gasteiger partial charge in [0.1, 0.15) is 5.69 Å². The fourth-order valence-electron chi connectivity index (χ4n) is 3.59. The Balaban J connectivity index is 2.19. The van der Waals surface area contributed by atoms with Crippen LogP contribution in [0.3, 0.4) is 0 Å². The van der Waals surface area contributed by atoms with Crippen molar-refractivity contribution >= 4 is 44.1 Å². The molecule has 5 nitrogen and oxygen atoms in total. The van der Waals surface area contributed by atoms with Crippen molar-refractivity contribution in [1.29, 1.82) is 0 Å². The lowest BCUT2D eigenvalue weighted by molar-refractivity contribution is 0.0594. The van der Waals surface area contributed by atoms with Crippen LogP contribution in [0.2, 0.25) is 0 Å². The molecular formula is C20H12N2O3. The molecule has 0 aliphatic carbocycles. The third kappa shape index (κ3) is 1.69. The number of nitrogens with zero attached hydrogens (tertiary/aromatic N) is 2. The normalized spacial score (nSPS) is 11.7. The Morgan fingerprint density at radius 2 is 1.64 bits per heavy atom. The summed E-state index contributed by atoms with van der Waals surface area (Å²) in [5, 5.41) is 3.04. The summed E-state index contributed by atoms with van der Waals surface area (Å²) in [5.41, 5.74) is 2.32. The number of methoxy groups -OCH3 is 1. The van der Waals surface area contributed by atoms with E-state index in [1.54, 1.807) is 16.5 Å². The standard InChI is InChI=1S/C20H12N2O3/c1-25-20(24)15-10-14-11-6-4-5-9-16(11)22-18(14)17(21-15)12-7-2-3-8-13(12)19(22)23/h2-10H,1H3. The Morgan fingerprint density at radius 1 is 0.960 bits per heavy atom. The third-order valence-electron chi connectivity index (χ3n) is 4.66. The second-order valence-electron chi connectivity index (χ2n) is 5.95. The van der Waals surface area contributed by atoms with Gasteiger partial charge in [-0.3, -0.25) is 9.20 Å². The summed E-state index contributed by atoms with van der Waals surface area (Å²) in [4.78, 5) is 29.7. The first kappa shape index (κ1) is 13.9. The third-order valence-corrected chi connectivity index (χ3v) is 4.66. The van der Waals surface area contributed by atoms with Crippen LogP contribution in [0.1, 0.15) is 10.5 Å². The van der Waals surface area contributed by atoms with Gasteiger partial charge in [0.15, 0.2) is 0 Å². The second-order valence-corrected chi connectivity index (χ2v) is 5.95. The smallest absolute Gasteiger partial charge is 0.356 e. The fraction of sp³-hybridized carbons (Fsp3) is 0.0500. The molecule has 0 saturated heterocycles. The van der Waals surface area contributed by atoms with E-state index < -0.39 is 5.97 Å². The number of rotatable bonds is 1. The van der Waals surface area contributed by atoms with Gasteiger partial charge in [-0.2, -0.15) is 0 Å². The number of aromatic nitrogens is 2. The van der Waals surface area contributed by atoms with Crippen LogP contribution in [0.5, 0.6) is 0 Å². The Morgan fingerprint density at radius 3 is 2.40 bits per heavy atom. The summed E-state index contributed by atoms with van der Waals surface area (Å²) >= 11 is 0. The van der Waals surface area contributed by atoms with Crippen molar-refractivity contribution in [2.45, 2.75) is 0 Å². The average Bonchev–Trinajstić information content (AvgIpc) is 3.00. The minimum absolute atomic E-state index is 0.0816. The summed E-state index contributed by atoms with van der Waals surface area (Å²) in [6, 6.07) is 16.7. The lowest BCUT2D eigenvalue weighted by Crippen LogP contribution is -2.14. The predicted molar refractivity (Wildman–Crippen MR) is 96.5 cm³/mol. The van der Waals surface area contributed by atoms with Crippen molar-refractivity contribution in [1.82, 2.24) is 9.38 Å². The van der Waals surface area contributed by atoms with E-state index >= 15 is 0 Å². The highest BCUT2D eigenvalue weighted by atomic mass is 16.5. The number of ether oxygens (including phenoxy) is 1. The van der Waals surface area contributed by atoms with Gasteiger partial charge in [0.05, 0.1) is 23.7 Å². The van der Waals surface area contributed by atoms with Crippen LogP contribution < -0.4 is 5.56 Å². The number of esters is 1. The zero-order chi connectivity index (χ0) is 17.1. The number of pyridine rings is 2. The fourth-order valence-corrected chi connectivity index (χ4v) is 3.59. The van der Waals surface area contributed by atoms with Gasteiger partial charge in [-0.25, -0.2) is 9.78 Å². The van der Waals surface area contributed by atoms with Gasteiger partial charge in [0.25, 0.3) is 5.56 Å². The van der Waals surface area contributed by atoms with Gasteiger partial charge in [0, 0.05) is 21.5 Å². The number of fused-ring (bicyclic) bond motifs is 5. The zero-order valence-corrected chi connectivity index (χ0v) is 13.3. The number of carbonyl (C=O) groups excluding carboxylic acids is 1. The Bertz CT molecular complexity index is 1370. The van der Waals surface area contributed by atoms with E-state index in [2.05, 4.69) is 4.98 Å². The molecule has 0 unspecified atom stereocenters. The molecular weight excluding hydrogens is 316 g/mol. The van der Waals surface area contributed by atoms with Gasteiger partial charge < -0.3 is 4.74 Å². The molecule has 3 aromatic heterocycles. The van der Waals surface area contributed by atoms with Gasteiger partial charge >= 0.3 is 5.97 Å². The van der Waals surface area contributed by atoms with Crippen molar-refractivity contribution < 1.29 is 9.53 Å². The number of hydrogen-bond donors (Lipinski definition) is 0. The van der Waals surface area contributed by atoms with Crippen LogP contribution in [0.4, 0.5) is 0 Å². The van der Waals surface area contributed by atoms with E-state index in [0.29, 0.717) is 10.9 Å². The average molecular weight is 328 g/mol. The first-order valence-corrected chi connectivity index (χ1v) is 7.87. The maximum Gasteiger partial charge on any atom is 0.356 e. The SMILES string of the molecule is COC(=O)c1cc2c3ccccc3n3c(=O)c4ccccc4c(n1)c23. The first-order valence-electron chi connectivity index (χ1n) is 7.87. The molecule has 25 heavy (non-hydrogen) atoms. The molecule has 120 valence electrons. The molecule has 0 bridgehead atoms. The topological polar surface area (TPSA) is 60.7 Å². The maximum atomic E-state index is 13.1. The van der Waals surface area contributed by atoms with Crippen LogP contribution in [0.15, 0.2) is 59.4 Å². The Hall–Kier alpha value is -3.47. The van der Waals surface area contributed by atoms with Crippen LogP contribution in [-0.4, -0.2) is 22.5 Å². The van der Waals surface area contributed by atoms with E-state index in [4.69, 9.17) is 4.74 Å². The molecule has 5 aromatic rings. The minimum Gasteiger partial charge on any atom is -0.464 e. The quantitative estimate of drug-likeness (QED) is 0.350. The molecule has 0 atom stereocenters. The van der Waals surface area contributed by atoms with E-state index in [1.807, 2.05) is 42.5 Å².